The van der Waals surface area contributed by atoms with Crippen LogP contribution in [0.4, 0.5) is 4.39 Å². The van der Waals surface area contributed by atoms with Gasteiger partial charge >= 0.3 is 0 Å². The molecule has 0 bridgehead atoms. The van der Waals surface area contributed by atoms with E-state index in [0.717, 1.165) is 12.5 Å². The van der Waals surface area contributed by atoms with Crippen LogP contribution in [0.3, 0.4) is 0 Å². The van der Waals surface area contributed by atoms with Gasteiger partial charge in [0.1, 0.15) is 11.5 Å². The van der Waals surface area contributed by atoms with Gasteiger partial charge in [0.15, 0.2) is 0 Å². The number of carbonyl (C=O) groups excluding carboxylic acids is 1. The maximum absolute atomic E-state index is 11.9. The fourth-order valence-corrected chi connectivity index (χ4v) is 1.16. The lowest BCUT2D eigenvalue weighted by molar-refractivity contribution is -0.120. The fourth-order valence-electron chi connectivity index (χ4n) is 1.16. The van der Waals surface area contributed by atoms with Gasteiger partial charge in [-0.2, -0.15) is 0 Å². The Morgan fingerprint density at radius 1 is 1.50 bits per heavy atom. The maximum Gasteiger partial charge on any atom is 0.228 e. The molecule has 4 N–H and O–H groups in total. The number of carbonyl (C=O) groups is 1. The van der Waals surface area contributed by atoms with E-state index in [2.05, 4.69) is 49.6 Å². The molecule has 0 saturated carbocycles. The van der Waals surface area contributed by atoms with Gasteiger partial charge in [0.2, 0.25) is 5.91 Å². The Kier molecular flexibility index (Phi) is 15.8. The Labute approximate surface area is 145 Å². The lowest BCUT2D eigenvalue weighted by Gasteiger charge is -2.20. The highest BCUT2D eigenvalue weighted by Crippen LogP contribution is 2.01. The Bertz CT molecular complexity index is 459. The van der Waals surface area contributed by atoms with Crippen molar-refractivity contribution >= 4 is 11.6 Å². The van der Waals surface area contributed by atoms with Gasteiger partial charge in [-0.15, -0.1) is 6.42 Å². The number of halogens is 1. The third kappa shape index (κ3) is 14.8. The first kappa shape index (κ1) is 24.1. The van der Waals surface area contributed by atoms with E-state index < -0.39 is 18.6 Å². The molecule has 0 aromatic rings. The highest BCUT2D eigenvalue weighted by molar-refractivity contribution is 6.03. The third-order valence-electron chi connectivity index (χ3n) is 2.29. The van der Waals surface area contributed by atoms with Gasteiger partial charge in [0.05, 0.1) is 19.1 Å². The van der Waals surface area contributed by atoms with E-state index in [4.69, 9.17) is 11.8 Å². The second-order valence-electron chi connectivity index (χ2n) is 5.57. The summed E-state index contributed by atoms with van der Waals surface area (Å²) in [5.41, 5.74) is 0.0709. The van der Waals surface area contributed by atoms with E-state index in [0.29, 0.717) is 5.82 Å². The van der Waals surface area contributed by atoms with Gasteiger partial charge in [-0.1, -0.05) is 45.8 Å². The van der Waals surface area contributed by atoms with Crippen molar-refractivity contribution in [3.8, 4) is 12.3 Å². The summed E-state index contributed by atoms with van der Waals surface area (Å²) in [7, 11) is 1.93. The second-order valence-corrected chi connectivity index (χ2v) is 5.57. The predicted octanol–water partition coefficient (Wildman–Crippen LogP) is 2.37. The summed E-state index contributed by atoms with van der Waals surface area (Å²) in [5.74, 6) is 3.04. The molecule has 1 atom stereocenters. The summed E-state index contributed by atoms with van der Waals surface area (Å²) in [6, 6.07) is -0.421. The molecule has 0 radical (unpaired) electrons. The summed E-state index contributed by atoms with van der Waals surface area (Å²) in [5, 5.41) is 15.7. The summed E-state index contributed by atoms with van der Waals surface area (Å²) in [6.07, 6.45) is 9.91. The zero-order chi connectivity index (χ0) is 19.0. The zero-order valence-corrected chi connectivity index (χ0v) is 15.4. The summed E-state index contributed by atoms with van der Waals surface area (Å²) < 4.78 is 11.9. The number of nitrogens with one attached hydrogen (secondary N) is 4. The van der Waals surface area contributed by atoms with Crippen molar-refractivity contribution in [1.82, 2.24) is 16.0 Å². The van der Waals surface area contributed by atoms with Crippen LogP contribution in [-0.2, 0) is 4.79 Å². The number of terminal acetylenes is 1. The molecule has 1 amide bonds. The summed E-state index contributed by atoms with van der Waals surface area (Å²) in [6.45, 7) is 8.94. The van der Waals surface area contributed by atoms with Gasteiger partial charge in [-0.3, -0.25) is 14.6 Å². The molecule has 1 rings (SSSR count). The van der Waals surface area contributed by atoms with Gasteiger partial charge in [-0.05, 0) is 25.6 Å². The van der Waals surface area contributed by atoms with Crippen LogP contribution in [0.2, 0.25) is 0 Å². The molecule has 24 heavy (non-hydrogen) atoms. The maximum atomic E-state index is 11.9. The number of rotatable bonds is 5. The zero-order valence-electron chi connectivity index (χ0n) is 15.4. The molecule has 6 heteroatoms. The quantitative estimate of drug-likeness (QED) is 0.459. The molecule has 0 aromatic heterocycles. The van der Waals surface area contributed by atoms with E-state index in [1.807, 2.05) is 7.05 Å². The molecule has 0 fully saturated rings. The van der Waals surface area contributed by atoms with Crippen LogP contribution in [0, 0.1) is 23.7 Å². The number of dihydropyridines is 1. The number of allylic oxidation sites excluding steroid dienone is 2. The van der Waals surface area contributed by atoms with Crippen LogP contribution in [-0.4, -0.2) is 37.9 Å². The minimum Gasteiger partial charge on any atom is -0.359 e. The molecule has 0 aliphatic carbocycles. The number of alkyl halides is 1. The van der Waals surface area contributed by atoms with Crippen molar-refractivity contribution in [2.24, 2.45) is 5.92 Å². The minimum absolute atomic E-state index is 0.0709. The number of hydrogen-bond donors (Lipinski definition) is 4. The molecule has 1 aliphatic rings. The first-order valence-corrected chi connectivity index (χ1v) is 8.02. The summed E-state index contributed by atoms with van der Waals surface area (Å²) in [4.78, 5) is 11.1. The van der Waals surface area contributed by atoms with E-state index in [9.17, 15) is 9.18 Å². The topological polar surface area (TPSA) is 77.0 Å². The molecule has 1 unspecified atom stereocenters. The van der Waals surface area contributed by atoms with Crippen LogP contribution in [0.5, 0.6) is 0 Å². The van der Waals surface area contributed by atoms with Crippen LogP contribution in [0.15, 0.2) is 24.0 Å². The van der Waals surface area contributed by atoms with Crippen LogP contribution < -0.4 is 16.0 Å². The van der Waals surface area contributed by atoms with E-state index in [1.165, 1.54) is 0 Å². The minimum atomic E-state index is -0.696. The molecular weight excluding hydrogens is 307 g/mol. The van der Waals surface area contributed by atoms with Gasteiger partial charge in [0, 0.05) is 0 Å². The van der Waals surface area contributed by atoms with Crippen molar-refractivity contribution in [3.05, 3.63) is 24.0 Å². The standard InChI is InChI=1S/C11H12FN3O.C4H10.C3H9N/c1-2-8(13)9-4-3-5-10(14-9)15-11(16)6-7-12;1-4(2)3;1-3-4-2/h1,3-5,9,13-14H,6-7H2,(H,15,16);4H,1-3H3;4H,3H2,1-2H3. The van der Waals surface area contributed by atoms with E-state index in [1.54, 1.807) is 18.2 Å². The van der Waals surface area contributed by atoms with Crippen LogP contribution in [0.25, 0.3) is 0 Å². The molecule has 0 aromatic carbocycles. The van der Waals surface area contributed by atoms with Crippen molar-refractivity contribution in [2.45, 2.75) is 40.2 Å². The average Bonchev–Trinajstić information content (AvgIpc) is 2.54. The Balaban J connectivity index is 0. The number of hydrogen-bond acceptors (Lipinski definition) is 4. The molecule has 5 nitrogen and oxygen atoms in total. The molecule has 136 valence electrons. The SMILES string of the molecule is C#CC(=N)C1C=CC=C(NC(=O)CCF)N1.CC(C)C.CCNC. The highest BCUT2D eigenvalue weighted by Gasteiger charge is 2.14. The third-order valence-corrected chi connectivity index (χ3v) is 2.29. The second kappa shape index (κ2) is 15.8. The Morgan fingerprint density at radius 3 is 2.46 bits per heavy atom. The van der Waals surface area contributed by atoms with Gasteiger partial charge < -0.3 is 16.0 Å². The van der Waals surface area contributed by atoms with Crippen molar-refractivity contribution in [1.29, 1.82) is 5.41 Å². The van der Waals surface area contributed by atoms with Crippen LogP contribution in [0.1, 0.15) is 34.1 Å². The average molecular weight is 338 g/mol. The fraction of sp³-hybridized carbons (Fsp3) is 0.556. The molecule has 0 spiro atoms. The molecule has 1 aliphatic heterocycles. The lowest BCUT2D eigenvalue weighted by Crippen LogP contribution is -2.41. The predicted molar refractivity (Wildman–Crippen MR) is 99.6 cm³/mol. The first-order valence-electron chi connectivity index (χ1n) is 8.02. The molecule has 0 saturated heterocycles. The summed E-state index contributed by atoms with van der Waals surface area (Å²) >= 11 is 0. The molecular formula is C18H31FN4O. The monoisotopic (exact) mass is 338 g/mol. The van der Waals surface area contributed by atoms with E-state index >= 15 is 0 Å². The van der Waals surface area contributed by atoms with Crippen molar-refractivity contribution in [2.75, 3.05) is 20.3 Å². The van der Waals surface area contributed by atoms with Crippen molar-refractivity contribution in [3.63, 3.8) is 0 Å². The Hall–Kier alpha value is -2.13. The van der Waals surface area contributed by atoms with Gasteiger partial charge in [-0.25, -0.2) is 0 Å². The lowest BCUT2D eigenvalue weighted by atomic mass is 10.1. The van der Waals surface area contributed by atoms with E-state index in [-0.39, 0.29) is 12.1 Å². The largest absolute Gasteiger partial charge is 0.359 e. The van der Waals surface area contributed by atoms with Gasteiger partial charge in [0.25, 0.3) is 0 Å². The highest BCUT2D eigenvalue weighted by atomic mass is 19.1. The number of amides is 1. The first-order chi connectivity index (χ1) is 11.3. The molecule has 1 heterocycles. The van der Waals surface area contributed by atoms with Crippen LogP contribution >= 0.6 is 0 Å². The van der Waals surface area contributed by atoms with Crippen molar-refractivity contribution < 1.29 is 9.18 Å². The normalized spacial score (nSPS) is 14.8. The smallest absolute Gasteiger partial charge is 0.228 e. The Morgan fingerprint density at radius 2 is 2.04 bits per heavy atom.